The largest absolute Gasteiger partial charge is 0.481 e. The monoisotopic (exact) mass is 255 g/mol. The van der Waals surface area contributed by atoms with Crippen LogP contribution in [-0.4, -0.2) is 23.5 Å². The summed E-state index contributed by atoms with van der Waals surface area (Å²) in [7, 11) is 0. The Morgan fingerprint density at radius 3 is 2.33 bits per heavy atom. The zero-order valence-electron chi connectivity index (χ0n) is 11.8. The minimum absolute atomic E-state index is 0.352. The van der Waals surface area contributed by atoms with Gasteiger partial charge in [0.15, 0.2) is 0 Å². The van der Waals surface area contributed by atoms with Crippen LogP contribution in [0.5, 0.6) is 0 Å². The van der Waals surface area contributed by atoms with Crippen LogP contribution in [0.15, 0.2) is 0 Å². The molecule has 0 heterocycles. The van der Waals surface area contributed by atoms with Gasteiger partial charge in [-0.25, -0.2) is 0 Å². The van der Waals surface area contributed by atoms with Crippen molar-refractivity contribution in [3.8, 4) is 0 Å². The van der Waals surface area contributed by atoms with Gasteiger partial charge in [0.2, 0.25) is 5.91 Å². The first-order valence-electron chi connectivity index (χ1n) is 6.72. The summed E-state index contributed by atoms with van der Waals surface area (Å²) in [4.78, 5) is 23.2. The second-order valence-corrected chi connectivity index (χ2v) is 6.67. The number of carboxylic acid groups (broad SMARTS) is 1. The van der Waals surface area contributed by atoms with Crippen molar-refractivity contribution in [2.24, 2.45) is 23.2 Å². The molecule has 0 aromatic rings. The van der Waals surface area contributed by atoms with Crippen LogP contribution < -0.4 is 5.32 Å². The van der Waals surface area contributed by atoms with E-state index in [1.165, 1.54) is 6.42 Å². The van der Waals surface area contributed by atoms with Crippen molar-refractivity contribution in [2.75, 3.05) is 6.54 Å². The van der Waals surface area contributed by atoms with Gasteiger partial charge in [0.25, 0.3) is 0 Å². The molecule has 0 spiro atoms. The highest BCUT2D eigenvalue weighted by molar-refractivity contribution is 5.97. The topological polar surface area (TPSA) is 66.4 Å². The van der Waals surface area contributed by atoms with Gasteiger partial charge in [-0.3, -0.25) is 9.59 Å². The summed E-state index contributed by atoms with van der Waals surface area (Å²) in [6.07, 6.45) is 3.48. The Morgan fingerprint density at radius 2 is 1.94 bits per heavy atom. The zero-order valence-corrected chi connectivity index (χ0v) is 11.8. The maximum absolute atomic E-state index is 12.0. The molecular weight excluding hydrogens is 230 g/mol. The number of hydrogen-bond acceptors (Lipinski definition) is 2. The molecule has 4 heteroatoms. The van der Waals surface area contributed by atoms with E-state index >= 15 is 0 Å². The SMILES string of the molecule is CC1CCC(CNC(=O)C(C(=O)O)C(C)(C)C)C1. The molecule has 1 amide bonds. The van der Waals surface area contributed by atoms with Crippen LogP contribution >= 0.6 is 0 Å². The molecule has 1 saturated carbocycles. The second kappa shape index (κ2) is 5.72. The number of carbonyl (C=O) groups excluding carboxylic acids is 1. The molecule has 0 aromatic carbocycles. The highest BCUT2D eigenvalue weighted by atomic mass is 16.4. The van der Waals surface area contributed by atoms with Gasteiger partial charge in [0, 0.05) is 6.54 Å². The van der Waals surface area contributed by atoms with Crippen LogP contribution in [0.25, 0.3) is 0 Å². The second-order valence-electron chi connectivity index (χ2n) is 6.67. The summed E-state index contributed by atoms with van der Waals surface area (Å²) in [5, 5.41) is 12.0. The maximum Gasteiger partial charge on any atom is 0.316 e. The van der Waals surface area contributed by atoms with E-state index < -0.39 is 17.3 Å². The van der Waals surface area contributed by atoms with E-state index in [1.807, 2.05) is 0 Å². The molecule has 0 bridgehead atoms. The van der Waals surface area contributed by atoms with Gasteiger partial charge >= 0.3 is 5.97 Å². The van der Waals surface area contributed by atoms with Gasteiger partial charge in [-0.05, 0) is 30.1 Å². The van der Waals surface area contributed by atoms with Crippen molar-refractivity contribution in [1.29, 1.82) is 0 Å². The third-order valence-electron chi connectivity index (χ3n) is 3.74. The molecule has 0 aromatic heterocycles. The van der Waals surface area contributed by atoms with Crippen molar-refractivity contribution < 1.29 is 14.7 Å². The van der Waals surface area contributed by atoms with Crippen molar-refractivity contribution >= 4 is 11.9 Å². The summed E-state index contributed by atoms with van der Waals surface area (Å²) in [6.45, 7) is 8.18. The molecule has 3 unspecified atom stereocenters. The van der Waals surface area contributed by atoms with E-state index in [-0.39, 0.29) is 5.91 Å². The van der Waals surface area contributed by atoms with Crippen LogP contribution in [0.4, 0.5) is 0 Å². The molecule has 104 valence electrons. The van der Waals surface area contributed by atoms with E-state index in [0.29, 0.717) is 12.5 Å². The Kier molecular flexibility index (Phi) is 4.77. The molecule has 1 fully saturated rings. The van der Waals surface area contributed by atoms with E-state index in [9.17, 15) is 9.59 Å². The molecule has 4 nitrogen and oxygen atoms in total. The lowest BCUT2D eigenvalue weighted by molar-refractivity contribution is -0.151. The fraction of sp³-hybridized carbons (Fsp3) is 0.857. The Balaban J connectivity index is 2.50. The third-order valence-corrected chi connectivity index (χ3v) is 3.74. The standard InChI is InChI=1S/C14H25NO3/c1-9-5-6-10(7-9)8-15-12(16)11(13(17)18)14(2,3)4/h9-11H,5-8H2,1-4H3,(H,15,16)(H,17,18). The number of carboxylic acids is 1. The van der Waals surface area contributed by atoms with Gasteiger partial charge in [-0.1, -0.05) is 34.1 Å². The summed E-state index contributed by atoms with van der Waals surface area (Å²) in [6, 6.07) is 0. The van der Waals surface area contributed by atoms with Crippen LogP contribution in [0.3, 0.4) is 0 Å². The molecule has 18 heavy (non-hydrogen) atoms. The van der Waals surface area contributed by atoms with Crippen LogP contribution in [0.2, 0.25) is 0 Å². The number of hydrogen-bond donors (Lipinski definition) is 2. The zero-order chi connectivity index (χ0) is 13.9. The smallest absolute Gasteiger partial charge is 0.316 e. The molecule has 2 N–H and O–H groups in total. The predicted molar refractivity (Wildman–Crippen MR) is 70.1 cm³/mol. The molecule has 3 atom stereocenters. The number of nitrogens with one attached hydrogen (secondary N) is 1. The molecule has 0 radical (unpaired) electrons. The Hall–Kier alpha value is -1.06. The number of carbonyl (C=O) groups is 2. The van der Waals surface area contributed by atoms with Gasteiger partial charge in [-0.2, -0.15) is 0 Å². The predicted octanol–water partition coefficient (Wildman–Crippen LogP) is 2.29. The van der Waals surface area contributed by atoms with Crippen molar-refractivity contribution in [1.82, 2.24) is 5.32 Å². The summed E-state index contributed by atoms with van der Waals surface area (Å²) < 4.78 is 0. The Bertz CT molecular complexity index is 319. The highest BCUT2D eigenvalue weighted by Gasteiger charge is 2.37. The average molecular weight is 255 g/mol. The molecule has 1 rings (SSSR count). The van der Waals surface area contributed by atoms with Crippen molar-refractivity contribution in [3.05, 3.63) is 0 Å². The first-order valence-corrected chi connectivity index (χ1v) is 6.72. The third kappa shape index (κ3) is 4.00. The van der Waals surface area contributed by atoms with Gasteiger partial charge < -0.3 is 10.4 Å². The maximum atomic E-state index is 12.0. The number of amides is 1. The Morgan fingerprint density at radius 1 is 1.33 bits per heavy atom. The first-order chi connectivity index (χ1) is 8.21. The molecule has 0 saturated heterocycles. The summed E-state index contributed by atoms with van der Waals surface area (Å²) >= 11 is 0. The van der Waals surface area contributed by atoms with E-state index in [4.69, 9.17) is 5.11 Å². The highest BCUT2D eigenvalue weighted by Crippen LogP contribution is 2.30. The summed E-state index contributed by atoms with van der Waals surface area (Å²) in [5.41, 5.74) is -0.557. The van der Waals surface area contributed by atoms with Crippen LogP contribution in [0, 0.1) is 23.2 Å². The molecular formula is C14H25NO3. The summed E-state index contributed by atoms with van der Waals surface area (Å²) in [5.74, 6) is -1.13. The van der Waals surface area contributed by atoms with Gasteiger partial charge in [0.05, 0.1) is 0 Å². The average Bonchev–Trinajstić information content (AvgIpc) is 2.58. The van der Waals surface area contributed by atoms with Crippen molar-refractivity contribution in [3.63, 3.8) is 0 Å². The van der Waals surface area contributed by atoms with E-state index in [0.717, 1.165) is 18.8 Å². The molecule has 0 aliphatic heterocycles. The van der Waals surface area contributed by atoms with E-state index in [2.05, 4.69) is 12.2 Å². The normalized spacial score (nSPS) is 25.8. The van der Waals surface area contributed by atoms with E-state index in [1.54, 1.807) is 20.8 Å². The Labute approximate surface area is 109 Å². The molecule has 1 aliphatic rings. The quantitative estimate of drug-likeness (QED) is 0.757. The lowest BCUT2D eigenvalue weighted by atomic mass is 9.80. The minimum atomic E-state index is -1.04. The number of aliphatic carboxylic acids is 1. The van der Waals surface area contributed by atoms with Gasteiger partial charge in [0.1, 0.15) is 5.92 Å². The molecule has 1 aliphatic carbocycles. The fourth-order valence-corrected chi connectivity index (χ4v) is 2.73. The minimum Gasteiger partial charge on any atom is -0.481 e. The van der Waals surface area contributed by atoms with Crippen molar-refractivity contribution in [2.45, 2.75) is 47.0 Å². The fourth-order valence-electron chi connectivity index (χ4n) is 2.73. The van der Waals surface area contributed by atoms with Crippen LogP contribution in [-0.2, 0) is 9.59 Å². The van der Waals surface area contributed by atoms with Gasteiger partial charge in [-0.15, -0.1) is 0 Å². The number of rotatable bonds is 4. The van der Waals surface area contributed by atoms with Crippen LogP contribution in [0.1, 0.15) is 47.0 Å². The lowest BCUT2D eigenvalue weighted by Crippen LogP contribution is -2.43. The first kappa shape index (κ1) is 15.0. The lowest BCUT2D eigenvalue weighted by Gasteiger charge is -2.26.